The third-order valence-corrected chi connectivity index (χ3v) is 3.66. The Morgan fingerprint density at radius 2 is 1.44 bits per heavy atom. The van der Waals surface area contributed by atoms with E-state index < -0.39 is 0 Å². The summed E-state index contributed by atoms with van der Waals surface area (Å²) >= 11 is 2.47. The molecule has 0 fully saturated rings. The minimum Gasteiger partial charge on any atom is -0.351 e. The maximum absolute atomic E-state index is 3.67. The van der Waals surface area contributed by atoms with E-state index >= 15 is 0 Å². The van der Waals surface area contributed by atoms with Crippen LogP contribution in [0.1, 0.15) is 71.1 Å². The zero-order valence-corrected chi connectivity index (χ0v) is 14.0. The second-order valence-corrected chi connectivity index (χ2v) is 5.71. The molecular formula is C15H29IN2. The van der Waals surface area contributed by atoms with Crippen LogP contribution in [-0.2, 0) is 0 Å². The maximum atomic E-state index is 3.67. The van der Waals surface area contributed by atoms with Crippen molar-refractivity contribution in [3.63, 3.8) is 0 Å². The highest BCUT2D eigenvalue weighted by Gasteiger charge is 1.91. The third kappa shape index (κ3) is 15.9. The number of unbranched alkanes of at least 4 members (excludes halogenated alkanes) is 9. The number of hydrogen-bond donors (Lipinski definition) is 1. The van der Waals surface area contributed by atoms with Crippen molar-refractivity contribution in [1.29, 1.82) is 0 Å². The topological polar surface area (TPSA) is 28.7 Å². The summed E-state index contributed by atoms with van der Waals surface area (Å²) in [7, 11) is 0. The standard InChI is InChI=1S/C12H25I.C3H4N2/c1-2-3-4-5-6-7-8-9-10-11-12-13;1-2-5-3-4-1/h2-12H2,1H3;1-3H,(H,4,5). The molecular weight excluding hydrogens is 335 g/mol. The Labute approximate surface area is 127 Å². The largest absolute Gasteiger partial charge is 0.351 e. The van der Waals surface area contributed by atoms with Gasteiger partial charge in [0.25, 0.3) is 0 Å². The second kappa shape index (κ2) is 16.9. The minimum atomic E-state index is 1.34. The summed E-state index contributed by atoms with van der Waals surface area (Å²) in [6, 6.07) is 0. The molecule has 1 heterocycles. The monoisotopic (exact) mass is 364 g/mol. The van der Waals surface area contributed by atoms with Crippen LogP contribution in [0.15, 0.2) is 18.7 Å². The summed E-state index contributed by atoms with van der Waals surface area (Å²) < 4.78 is 1.34. The molecule has 0 amide bonds. The van der Waals surface area contributed by atoms with Crippen molar-refractivity contribution in [3.8, 4) is 0 Å². The van der Waals surface area contributed by atoms with Crippen LogP contribution in [0, 0.1) is 0 Å². The lowest BCUT2D eigenvalue weighted by Crippen LogP contribution is -1.81. The first kappa shape index (κ1) is 17.9. The highest BCUT2D eigenvalue weighted by Crippen LogP contribution is 2.10. The van der Waals surface area contributed by atoms with Crippen molar-refractivity contribution in [2.45, 2.75) is 71.1 Å². The van der Waals surface area contributed by atoms with Crippen LogP contribution in [0.2, 0.25) is 0 Å². The van der Waals surface area contributed by atoms with Gasteiger partial charge in [0.15, 0.2) is 0 Å². The molecule has 0 unspecified atom stereocenters. The van der Waals surface area contributed by atoms with Crippen LogP contribution in [0.5, 0.6) is 0 Å². The molecule has 2 nitrogen and oxygen atoms in total. The zero-order chi connectivity index (χ0) is 13.3. The van der Waals surface area contributed by atoms with Crippen molar-refractivity contribution >= 4 is 22.6 Å². The number of H-pyrrole nitrogens is 1. The molecule has 0 spiro atoms. The Kier molecular flexibility index (Phi) is 16.9. The molecule has 0 aliphatic carbocycles. The van der Waals surface area contributed by atoms with E-state index in [-0.39, 0.29) is 0 Å². The predicted octanol–water partition coefficient (Wildman–Crippen LogP) is 5.75. The Bertz CT molecular complexity index is 185. The molecule has 1 rings (SSSR count). The molecule has 0 aliphatic rings. The van der Waals surface area contributed by atoms with Crippen molar-refractivity contribution in [2.75, 3.05) is 4.43 Å². The van der Waals surface area contributed by atoms with Gasteiger partial charge in [0.2, 0.25) is 0 Å². The summed E-state index contributed by atoms with van der Waals surface area (Å²) in [5.74, 6) is 0. The van der Waals surface area contributed by atoms with Crippen LogP contribution in [0.3, 0.4) is 0 Å². The van der Waals surface area contributed by atoms with Crippen LogP contribution in [0.25, 0.3) is 0 Å². The summed E-state index contributed by atoms with van der Waals surface area (Å²) in [5.41, 5.74) is 0. The molecule has 0 saturated carbocycles. The number of nitrogens with one attached hydrogen (secondary N) is 1. The lowest BCUT2D eigenvalue weighted by Gasteiger charge is -2.00. The molecule has 0 radical (unpaired) electrons. The first-order valence-corrected chi connectivity index (χ1v) is 8.93. The van der Waals surface area contributed by atoms with Gasteiger partial charge in [0.05, 0.1) is 6.33 Å². The number of alkyl halides is 1. The fourth-order valence-electron chi connectivity index (χ4n) is 1.80. The number of hydrogen-bond acceptors (Lipinski definition) is 1. The first-order chi connectivity index (χ1) is 8.91. The van der Waals surface area contributed by atoms with Crippen LogP contribution >= 0.6 is 22.6 Å². The maximum Gasteiger partial charge on any atom is 0.0919 e. The highest BCUT2D eigenvalue weighted by molar-refractivity contribution is 14.1. The van der Waals surface area contributed by atoms with Crippen LogP contribution in [0.4, 0.5) is 0 Å². The SMILES string of the molecule is CCCCCCCCCCCCI.c1c[nH]cn1. The Morgan fingerprint density at radius 3 is 1.78 bits per heavy atom. The van der Waals surface area contributed by atoms with Crippen molar-refractivity contribution < 1.29 is 0 Å². The average Bonchev–Trinajstić information content (AvgIpc) is 2.96. The molecule has 0 aromatic carbocycles. The Morgan fingerprint density at radius 1 is 0.889 bits per heavy atom. The van der Waals surface area contributed by atoms with Gasteiger partial charge < -0.3 is 4.98 Å². The third-order valence-electron chi connectivity index (χ3n) is 2.89. The van der Waals surface area contributed by atoms with Gasteiger partial charge in [-0.15, -0.1) is 0 Å². The van der Waals surface area contributed by atoms with Crippen LogP contribution in [-0.4, -0.2) is 14.4 Å². The predicted molar refractivity (Wildman–Crippen MR) is 89.3 cm³/mol. The quantitative estimate of drug-likeness (QED) is 0.320. The summed E-state index contributed by atoms with van der Waals surface area (Å²) in [6.07, 6.45) is 19.6. The fourth-order valence-corrected chi connectivity index (χ4v) is 2.34. The van der Waals surface area contributed by atoms with Crippen molar-refractivity contribution in [1.82, 2.24) is 9.97 Å². The van der Waals surface area contributed by atoms with E-state index in [4.69, 9.17) is 0 Å². The van der Waals surface area contributed by atoms with E-state index in [1.54, 1.807) is 18.7 Å². The molecule has 0 bridgehead atoms. The second-order valence-electron chi connectivity index (χ2n) is 4.63. The molecule has 18 heavy (non-hydrogen) atoms. The number of nitrogens with zero attached hydrogens (tertiary/aromatic N) is 1. The number of rotatable bonds is 10. The molecule has 0 aliphatic heterocycles. The lowest BCUT2D eigenvalue weighted by atomic mass is 10.1. The van der Waals surface area contributed by atoms with E-state index in [9.17, 15) is 0 Å². The normalized spacial score (nSPS) is 9.89. The Balaban J connectivity index is 0.000000473. The van der Waals surface area contributed by atoms with E-state index in [0.717, 1.165) is 0 Å². The molecule has 0 saturated heterocycles. The van der Waals surface area contributed by atoms with E-state index in [1.165, 1.54) is 68.6 Å². The number of aromatic amines is 1. The van der Waals surface area contributed by atoms with E-state index in [2.05, 4.69) is 39.5 Å². The summed E-state index contributed by atoms with van der Waals surface area (Å²) in [5, 5.41) is 0. The van der Waals surface area contributed by atoms with E-state index in [0.29, 0.717) is 0 Å². The van der Waals surface area contributed by atoms with Gasteiger partial charge in [-0.05, 0) is 10.8 Å². The number of aromatic nitrogens is 2. The lowest BCUT2D eigenvalue weighted by molar-refractivity contribution is 0.563. The van der Waals surface area contributed by atoms with Gasteiger partial charge in [-0.3, -0.25) is 0 Å². The molecule has 1 aromatic rings. The minimum absolute atomic E-state index is 1.34. The van der Waals surface area contributed by atoms with Gasteiger partial charge in [0.1, 0.15) is 0 Å². The van der Waals surface area contributed by atoms with Gasteiger partial charge in [0, 0.05) is 12.4 Å². The van der Waals surface area contributed by atoms with Crippen molar-refractivity contribution in [2.24, 2.45) is 0 Å². The smallest absolute Gasteiger partial charge is 0.0919 e. The van der Waals surface area contributed by atoms with Gasteiger partial charge in [-0.2, -0.15) is 0 Å². The molecule has 3 heteroatoms. The van der Waals surface area contributed by atoms with E-state index in [1.807, 2.05) is 0 Å². The first-order valence-electron chi connectivity index (χ1n) is 7.40. The summed E-state index contributed by atoms with van der Waals surface area (Å²) in [4.78, 5) is 6.42. The summed E-state index contributed by atoms with van der Waals surface area (Å²) in [6.45, 7) is 2.28. The van der Waals surface area contributed by atoms with Crippen LogP contribution < -0.4 is 0 Å². The number of halogens is 1. The molecule has 0 atom stereocenters. The number of imidazole rings is 1. The average molecular weight is 364 g/mol. The van der Waals surface area contributed by atoms with Gasteiger partial charge >= 0.3 is 0 Å². The van der Waals surface area contributed by atoms with Gasteiger partial charge in [-0.1, -0.05) is 87.3 Å². The van der Waals surface area contributed by atoms with Gasteiger partial charge in [-0.25, -0.2) is 4.98 Å². The molecule has 1 N–H and O–H groups in total. The molecule has 1 aromatic heterocycles. The Hall–Kier alpha value is -0.0600. The zero-order valence-electron chi connectivity index (χ0n) is 11.8. The van der Waals surface area contributed by atoms with Crippen molar-refractivity contribution in [3.05, 3.63) is 18.7 Å². The fraction of sp³-hybridized carbons (Fsp3) is 0.800. The highest BCUT2D eigenvalue weighted by atomic mass is 127. The molecule has 106 valence electrons.